The van der Waals surface area contributed by atoms with E-state index in [1.807, 2.05) is 42.6 Å². The first-order valence-electron chi connectivity index (χ1n) is 10.8. The number of anilines is 2. The maximum absolute atomic E-state index is 6.46. The van der Waals surface area contributed by atoms with Gasteiger partial charge in [0.25, 0.3) is 0 Å². The van der Waals surface area contributed by atoms with E-state index in [9.17, 15) is 0 Å². The van der Waals surface area contributed by atoms with Crippen LogP contribution < -0.4 is 21.1 Å². The molecule has 0 spiro atoms. The van der Waals surface area contributed by atoms with Crippen LogP contribution in [0.2, 0.25) is 0 Å². The fourth-order valence-corrected chi connectivity index (χ4v) is 4.18. The molecule has 4 N–H and O–H groups in total. The van der Waals surface area contributed by atoms with Crippen LogP contribution in [0.25, 0.3) is 16.8 Å². The van der Waals surface area contributed by atoms with Crippen molar-refractivity contribution in [2.75, 3.05) is 17.2 Å². The molecule has 1 atom stereocenters. The Morgan fingerprint density at radius 1 is 1.00 bits per heavy atom. The highest BCUT2D eigenvalue weighted by atomic mass is 16.5. The van der Waals surface area contributed by atoms with Crippen molar-refractivity contribution in [3.8, 4) is 5.75 Å². The van der Waals surface area contributed by atoms with E-state index in [1.54, 1.807) is 6.20 Å². The molecule has 160 valence electrons. The second-order valence-corrected chi connectivity index (χ2v) is 8.17. The quantitative estimate of drug-likeness (QED) is 0.438. The fourth-order valence-electron chi connectivity index (χ4n) is 4.18. The Balaban J connectivity index is 1.29. The number of rotatable bonds is 6. The molecule has 5 heteroatoms. The molecular weight excluding hydrogens is 396 g/mol. The summed E-state index contributed by atoms with van der Waals surface area (Å²) in [6, 6.07) is 22.6. The normalized spacial score (nSPS) is 13.7. The number of pyridine rings is 1. The molecule has 1 aromatic heterocycles. The number of ether oxygens (including phenoxy) is 1. The van der Waals surface area contributed by atoms with Crippen LogP contribution in [0.4, 0.5) is 11.4 Å². The number of nitrogens with two attached hydrogens (primary N) is 2. The fraction of sp³-hybridized carbons (Fsp3) is 0.148. The van der Waals surface area contributed by atoms with Gasteiger partial charge in [0.15, 0.2) is 0 Å². The number of fused-ring (bicyclic) bond motifs is 2. The molecule has 3 aromatic carbocycles. The Morgan fingerprint density at radius 3 is 2.69 bits per heavy atom. The number of nitrogens with zero attached hydrogens (tertiary/aromatic N) is 2. The van der Waals surface area contributed by atoms with Crippen LogP contribution in [0, 0.1) is 0 Å². The molecule has 5 nitrogen and oxygen atoms in total. The van der Waals surface area contributed by atoms with Gasteiger partial charge in [-0.25, -0.2) is 0 Å². The summed E-state index contributed by atoms with van der Waals surface area (Å²) < 4.78 is 5.96. The Bertz CT molecular complexity index is 1270. The van der Waals surface area contributed by atoms with Gasteiger partial charge < -0.3 is 21.1 Å². The monoisotopic (exact) mass is 422 g/mol. The summed E-state index contributed by atoms with van der Waals surface area (Å²) in [5, 5.41) is 2.25. The van der Waals surface area contributed by atoms with Gasteiger partial charge >= 0.3 is 0 Å². The summed E-state index contributed by atoms with van der Waals surface area (Å²) in [5.41, 5.74) is 18.0. The summed E-state index contributed by atoms with van der Waals surface area (Å²) in [7, 11) is 0. The van der Waals surface area contributed by atoms with E-state index in [2.05, 4.69) is 52.5 Å². The van der Waals surface area contributed by atoms with E-state index < -0.39 is 0 Å². The molecule has 0 saturated heterocycles. The first kappa shape index (κ1) is 20.1. The molecule has 0 saturated carbocycles. The smallest absolute Gasteiger partial charge is 0.139 e. The summed E-state index contributed by atoms with van der Waals surface area (Å²) in [6.07, 6.45) is 8.47. The Hall–Kier alpha value is -3.83. The number of benzene rings is 3. The van der Waals surface area contributed by atoms with Gasteiger partial charge in [0, 0.05) is 41.5 Å². The van der Waals surface area contributed by atoms with Gasteiger partial charge in [-0.05, 0) is 35.1 Å². The molecule has 0 fully saturated rings. The molecule has 4 aromatic rings. The minimum atomic E-state index is -0.0842. The maximum Gasteiger partial charge on any atom is 0.139 e. The zero-order valence-electron chi connectivity index (χ0n) is 17.8. The van der Waals surface area contributed by atoms with E-state index in [0.29, 0.717) is 12.4 Å². The van der Waals surface area contributed by atoms with Crippen molar-refractivity contribution in [3.63, 3.8) is 0 Å². The molecule has 2 heterocycles. The molecule has 0 unspecified atom stereocenters. The van der Waals surface area contributed by atoms with E-state index in [4.69, 9.17) is 16.2 Å². The standard InChI is InChI=1S/C27H26N4O/c28-22(12-19-6-2-1-3-7-19)18-32-24-14-23(15-30-16-24)31-11-10-26-21(17-31)13-20-8-4-5-9-25(20)27(26)29/h1-11,13-16,22H,12,17-18,28-29H2/t22-/m1/s1. The Labute approximate surface area is 187 Å². The lowest BCUT2D eigenvalue weighted by Crippen LogP contribution is -2.30. The highest BCUT2D eigenvalue weighted by Crippen LogP contribution is 2.34. The Kier molecular flexibility index (Phi) is 5.48. The predicted octanol–water partition coefficient (Wildman–Crippen LogP) is 4.76. The van der Waals surface area contributed by atoms with Crippen molar-refractivity contribution in [1.29, 1.82) is 0 Å². The van der Waals surface area contributed by atoms with Crippen molar-refractivity contribution in [3.05, 3.63) is 102 Å². The molecule has 0 aliphatic carbocycles. The van der Waals surface area contributed by atoms with E-state index in [0.717, 1.165) is 40.7 Å². The van der Waals surface area contributed by atoms with Gasteiger partial charge in [-0.15, -0.1) is 0 Å². The van der Waals surface area contributed by atoms with Crippen LogP contribution in [0.1, 0.15) is 16.7 Å². The van der Waals surface area contributed by atoms with Gasteiger partial charge in [0.05, 0.1) is 18.1 Å². The first-order valence-corrected chi connectivity index (χ1v) is 10.8. The van der Waals surface area contributed by atoms with Crippen LogP contribution in [0.15, 0.2) is 85.3 Å². The molecule has 0 amide bonds. The van der Waals surface area contributed by atoms with Crippen molar-refractivity contribution in [2.45, 2.75) is 19.0 Å². The van der Waals surface area contributed by atoms with Crippen LogP contribution in [0.3, 0.4) is 0 Å². The van der Waals surface area contributed by atoms with Gasteiger partial charge in [0.2, 0.25) is 0 Å². The highest BCUT2D eigenvalue weighted by molar-refractivity contribution is 5.98. The van der Waals surface area contributed by atoms with Crippen LogP contribution in [-0.2, 0) is 13.0 Å². The average Bonchev–Trinajstić information content (AvgIpc) is 2.83. The molecular formula is C27H26N4O. The SMILES string of the molecule is Nc1c2c(cc3ccccc13)CN(c1cncc(OC[C@H](N)Cc3ccccc3)c1)C=C2. The summed E-state index contributed by atoms with van der Waals surface area (Å²) in [4.78, 5) is 6.53. The highest BCUT2D eigenvalue weighted by Gasteiger charge is 2.17. The molecule has 1 aliphatic rings. The predicted molar refractivity (Wildman–Crippen MR) is 131 cm³/mol. The van der Waals surface area contributed by atoms with Crippen LogP contribution in [-0.4, -0.2) is 17.6 Å². The average molecular weight is 423 g/mol. The third-order valence-electron chi connectivity index (χ3n) is 5.81. The van der Waals surface area contributed by atoms with Crippen molar-refractivity contribution in [2.24, 2.45) is 5.73 Å². The minimum absolute atomic E-state index is 0.0842. The van der Waals surface area contributed by atoms with E-state index in [-0.39, 0.29) is 6.04 Å². The lowest BCUT2D eigenvalue weighted by atomic mass is 9.96. The van der Waals surface area contributed by atoms with Gasteiger partial charge in [-0.2, -0.15) is 0 Å². The largest absolute Gasteiger partial charge is 0.490 e. The lowest BCUT2D eigenvalue weighted by molar-refractivity contribution is 0.286. The molecule has 0 bridgehead atoms. The van der Waals surface area contributed by atoms with Gasteiger partial charge in [0.1, 0.15) is 12.4 Å². The topological polar surface area (TPSA) is 77.4 Å². The molecule has 0 radical (unpaired) electrons. The zero-order chi connectivity index (χ0) is 21.9. The maximum atomic E-state index is 6.46. The number of nitrogen functional groups attached to an aromatic ring is 1. The molecule has 5 rings (SSSR count). The van der Waals surface area contributed by atoms with E-state index >= 15 is 0 Å². The van der Waals surface area contributed by atoms with Crippen LogP contribution in [0.5, 0.6) is 5.75 Å². The van der Waals surface area contributed by atoms with Gasteiger partial charge in [-0.1, -0.05) is 54.6 Å². The van der Waals surface area contributed by atoms with Crippen molar-refractivity contribution in [1.82, 2.24) is 4.98 Å². The first-order chi connectivity index (χ1) is 15.7. The second kappa shape index (κ2) is 8.73. The number of aromatic nitrogens is 1. The summed E-state index contributed by atoms with van der Waals surface area (Å²) in [6.45, 7) is 1.15. The van der Waals surface area contributed by atoms with Gasteiger partial charge in [-0.3, -0.25) is 4.98 Å². The number of hydrogen-bond acceptors (Lipinski definition) is 5. The second-order valence-electron chi connectivity index (χ2n) is 8.17. The lowest BCUT2D eigenvalue weighted by Gasteiger charge is -2.27. The van der Waals surface area contributed by atoms with Crippen molar-refractivity contribution < 1.29 is 4.74 Å². The summed E-state index contributed by atoms with van der Waals surface area (Å²) in [5.74, 6) is 0.711. The van der Waals surface area contributed by atoms with E-state index in [1.165, 1.54) is 11.1 Å². The van der Waals surface area contributed by atoms with Crippen LogP contribution >= 0.6 is 0 Å². The Morgan fingerprint density at radius 2 is 1.81 bits per heavy atom. The number of hydrogen-bond donors (Lipinski definition) is 2. The third-order valence-corrected chi connectivity index (χ3v) is 5.81. The molecule has 1 aliphatic heterocycles. The third kappa shape index (κ3) is 4.15. The minimum Gasteiger partial charge on any atom is -0.490 e. The molecule has 32 heavy (non-hydrogen) atoms. The summed E-state index contributed by atoms with van der Waals surface area (Å²) >= 11 is 0. The zero-order valence-corrected chi connectivity index (χ0v) is 17.8. The van der Waals surface area contributed by atoms with Crippen molar-refractivity contribution >= 4 is 28.2 Å².